The third-order valence-corrected chi connectivity index (χ3v) is 5.08. The molecule has 0 aliphatic heterocycles. The number of aliphatic hydroxyl groups is 4. The maximum absolute atomic E-state index is 10.3. The monoisotopic (exact) mass is 762 g/mol. The lowest BCUT2D eigenvalue weighted by molar-refractivity contribution is -0.339. The van der Waals surface area contributed by atoms with Gasteiger partial charge in [0.25, 0.3) is 0 Å². The Morgan fingerprint density at radius 3 is 0.615 bits per heavy atom. The first kappa shape index (κ1) is 52.3. The average Bonchev–Trinajstić information content (AvgIpc) is 2.85. The van der Waals surface area contributed by atoms with Crippen LogP contribution < -0.4 is 30.6 Å². The number of carbonyl (C=O) groups excluding carboxylic acids is 6. The fourth-order valence-electron chi connectivity index (χ4n) is 2.80. The van der Waals surface area contributed by atoms with Gasteiger partial charge in [-0.3, -0.25) is 19.2 Å². The van der Waals surface area contributed by atoms with Crippen LogP contribution in [0.25, 0.3) is 0 Å². The molecule has 10 N–H and O–H groups in total. The van der Waals surface area contributed by atoms with Crippen molar-refractivity contribution >= 4 is 71.6 Å². The minimum Gasteiger partial charge on any atom is -0.550 e. The van der Waals surface area contributed by atoms with Gasteiger partial charge in [0.1, 0.15) is 11.2 Å². The van der Waals surface area contributed by atoms with Gasteiger partial charge in [0.05, 0.1) is 37.6 Å². The van der Waals surface area contributed by atoms with Crippen LogP contribution in [0.3, 0.4) is 0 Å². The van der Waals surface area contributed by atoms with Gasteiger partial charge in [0.2, 0.25) is 0 Å². The van der Waals surface area contributed by atoms with E-state index < -0.39 is 145 Å². The molecular formula is C24H26O28-6. The van der Waals surface area contributed by atoms with Crippen LogP contribution in [0.1, 0.15) is 51.4 Å². The quantitative estimate of drug-likeness (QED) is 0.0550. The van der Waals surface area contributed by atoms with Crippen molar-refractivity contribution in [3.63, 3.8) is 0 Å². The SMILES string of the molecule is O=C(O)CC(O)(CC(=O)O)C(=O)O.O=C([O-])CC(O)(CC(=O)O)C(=O)O.O=C([O-])CC(O)(CC(=O)O)C(=O)[O-].O=C([O-])CC(O)(CC(=O)[O-])C(=O)[O-]. The number of rotatable bonds is 20. The molecule has 0 heterocycles. The molecule has 0 saturated heterocycles. The minimum atomic E-state index is -2.97. The zero-order valence-corrected chi connectivity index (χ0v) is 25.5. The summed E-state index contributed by atoms with van der Waals surface area (Å²) in [5, 5.41) is 145. The highest BCUT2D eigenvalue weighted by Crippen LogP contribution is 2.17. The van der Waals surface area contributed by atoms with Crippen LogP contribution in [0.5, 0.6) is 0 Å². The predicted molar refractivity (Wildman–Crippen MR) is 133 cm³/mol. The fourth-order valence-corrected chi connectivity index (χ4v) is 2.80. The summed E-state index contributed by atoms with van der Waals surface area (Å²) >= 11 is 0. The number of carbonyl (C=O) groups is 12. The maximum Gasteiger partial charge on any atom is 0.336 e. The van der Waals surface area contributed by atoms with E-state index in [1.165, 1.54) is 0 Å². The number of aliphatic carboxylic acids is 12. The van der Waals surface area contributed by atoms with Crippen molar-refractivity contribution in [1.29, 1.82) is 0 Å². The second-order valence-corrected chi connectivity index (χ2v) is 9.79. The van der Waals surface area contributed by atoms with Crippen molar-refractivity contribution in [2.24, 2.45) is 0 Å². The molecule has 28 nitrogen and oxygen atoms in total. The summed E-state index contributed by atoms with van der Waals surface area (Å²) in [5.74, 6) is -22.0. The smallest absolute Gasteiger partial charge is 0.336 e. The van der Waals surface area contributed by atoms with Crippen molar-refractivity contribution in [2.45, 2.75) is 73.8 Å². The Balaban J connectivity index is -0.000000295. The lowest BCUT2D eigenvalue weighted by atomic mass is 9.96. The van der Waals surface area contributed by atoms with Crippen molar-refractivity contribution in [2.75, 3.05) is 0 Å². The van der Waals surface area contributed by atoms with Gasteiger partial charge in [0.15, 0.2) is 11.2 Å². The van der Waals surface area contributed by atoms with E-state index in [4.69, 9.17) is 51.1 Å². The molecule has 2 atom stereocenters. The van der Waals surface area contributed by atoms with Gasteiger partial charge in [-0.05, 0) is 0 Å². The summed E-state index contributed by atoms with van der Waals surface area (Å²) < 4.78 is 0. The van der Waals surface area contributed by atoms with E-state index in [1.54, 1.807) is 0 Å². The molecule has 0 aromatic rings. The highest BCUT2D eigenvalue weighted by atomic mass is 16.4. The Hall–Kier alpha value is -6.52. The van der Waals surface area contributed by atoms with E-state index in [2.05, 4.69) is 0 Å². The van der Waals surface area contributed by atoms with E-state index in [9.17, 15) is 88.2 Å². The molecule has 0 radical (unpaired) electrons. The molecule has 0 aromatic heterocycles. The topological polar surface area (TPSA) is 546 Å². The lowest BCUT2D eigenvalue weighted by Gasteiger charge is -2.29. The van der Waals surface area contributed by atoms with Gasteiger partial charge in [-0.1, -0.05) is 0 Å². The number of hydrogen-bond donors (Lipinski definition) is 10. The molecule has 296 valence electrons. The van der Waals surface area contributed by atoms with Crippen molar-refractivity contribution in [3.8, 4) is 0 Å². The zero-order valence-electron chi connectivity index (χ0n) is 25.5. The van der Waals surface area contributed by atoms with Crippen molar-refractivity contribution in [3.05, 3.63) is 0 Å². The summed E-state index contributed by atoms with van der Waals surface area (Å²) in [6.07, 6.45) is -10.0. The van der Waals surface area contributed by atoms with Gasteiger partial charge in [0, 0.05) is 49.6 Å². The Labute approximate surface area is 285 Å². The van der Waals surface area contributed by atoms with E-state index in [0.717, 1.165) is 0 Å². The minimum absolute atomic E-state index is 1.14. The largest absolute Gasteiger partial charge is 0.550 e. The van der Waals surface area contributed by atoms with Crippen LogP contribution in [0.4, 0.5) is 0 Å². The van der Waals surface area contributed by atoms with Crippen LogP contribution in [0.15, 0.2) is 0 Å². The summed E-state index contributed by atoms with van der Waals surface area (Å²) in [6, 6.07) is 0. The first-order valence-corrected chi connectivity index (χ1v) is 12.6. The van der Waals surface area contributed by atoms with Gasteiger partial charge in [-0.2, -0.15) is 0 Å². The molecule has 2 unspecified atom stereocenters. The molecule has 0 fully saturated rings. The van der Waals surface area contributed by atoms with Crippen LogP contribution in [-0.2, 0) is 57.5 Å². The molecule has 0 bridgehead atoms. The van der Waals surface area contributed by atoms with Crippen LogP contribution >= 0.6 is 0 Å². The Bertz CT molecular complexity index is 1120. The average molecular weight is 762 g/mol. The van der Waals surface area contributed by atoms with E-state index in [-0.39, 0.29) is 0 Å². The third-order valence-electron chi connectivity index (χ3n) is 5.08. The normalized spacial score (nSPS) is 12.7. The van der Waals surface area contributed by atoms with E-state index in [1.807, 2.05) is 0 Å². The molecule has 0 amide bonds. The first-order chi connectivity index (χ1) is 23.1. The molecule has 0 rings (SSSR count). The van der Waals surface area contributed by atoms with Crippen LogP contribution in [0, 0.1) is 0 Å². The zero-order chi connectivity index (χ0) is 42.6. The standard InChI is InChI=1S/4C6H8O7/c4*7-3(8)1-6(13,5(11)12)2-4(9)10/h4*13H,1-2H2,(H,7,8)(H,9,10)(H,11,12)/p-6. The van der Waals surface area contributed by atoms with Gasteiger partial charge in [-0.25, -0.2) is 9.59 Å². The fraction of sp³-hybridized carbons (Fsp3) is 0.500. The Morgan fingerprint density at radius 1 is 0.308 bits per heavy atom. The first-order valence-electron chi connectivity index (χ1n) is 12.6. The summed E-state index contributed by atoms with van der Waals surface area (Å²) in [5.41, 5.74) is -11.4. The molecule has 28 heteroatoms. The number of hydrogen-bond acceptors (Lipinski definition) is 22. The van der Waals surface area contributed by atoms with Gasteiger partial charge >= 0.3 is 35.8 Å². The van der Waals surface area contributed by atoms with Crippen molar-refractivity contribution < 1.29 is 139 Å². The molecule has 0 aliphatic rings. The Morgan fingerprint density at radius 2 is 0.462 bits per heavy atom. The lowest BCUT2D eigenvalue weighted by Crippen LogP contribution is -2.54. The summed E-state index contributed by atoms with van der Waals surface area (Å²) in [6.45, 7) is 0. The molecule has 0 aromatic carbocycles. The van der Waals surface area contributed by atoms with Gasteiger partial charge < -0.3 is 110 Å². The highest BCUT2D eigenvalue weighted by Gasteiger charge is 2.41. The second-order valence-electron chi connectivity index (χ2n) is 9.79. The van der Waals surface area contributed by atoms with E-state index >= 15 is 0 Å². The number of carboxylic acid groups (broad SMARTS) is 12. The predicted octanol–water partition coefficient (Wildman–Crippen LogP) is -13.0. The molecular weight excluding hydrogens is 736 g/mol. The van der Waals surface area contributed by atoms with Crippen LogP contribution in [0.2, 0.25) is 0 Å². The highest BCUT2D eigenvalue weighted by molar-refractivity contribution is 5.89. The third kappa shape index (κ3) is 23.7. The van der Waals surface area contributed by atoms with Crippen molar-refractivity contribution in [1.82, 2.24) is 0 Å². The van der Waals surface area contributed by atoms with E-state index in [0.29, 0.717) is 0 Å². The summed E-state index contributed by atoms with van der Waals surface area (Å²) in [4.78, 5) is 121. The molecule has 0 aliphatic carbocycles. The Kier molecular flexibility index (Phi) is 22.4. The molecule has 52 heavy (non-hydrogen) atoms. The van der Waals surface area contributed by atoms with Crippen LogP contribution in [-0.4, -0.2) is 145 Å². The molecule has 0 spiro atoms. The van der Waals surface area contributed by atoms with Gasteiger partial charge in [-0.15, -0.1) is 0 Å². The molecule has 0 saturated carbocycles. The summed E-state index contributed by atoms with van der Waals surface area (Å²) in [7, 11) is 0. The second kappa shape index (κ2) is 22.2. The number of carboxylic acids is 12. The maximum atomic E-state index is 10.3.